The van der Waals surface area contributed by atoms with Crippen molar-refractivity contribution in [3.63, 3.8) is 0 Å². The molecule has 1 aliphatic carbocycles. The predicted molar refractivity (Wildman–Crippen MR) is 130 cm³/mol. The van der Waals surface area contributed by atoms with Gasteiger partial charge in [0, 0.05) is 25.1 Å². The van der Waals surface area contributed by atoms with E-state index >= 15 is 0 Å². The zero-order chi connectivity index (χ0) is 24.8. The van der Waals surface area contributed by atoms with Crippen LogP contribution in [0.3, 0.4) is 0 Å². The summed E-state index contributed by atoms with van der Waals surface area (Å²) in [7, 11) is 0. The van der Waals surface area contributed by atoms with Gasteiger partial charge in [-0.3, -0.25) is 9.59 Å². The standard InChI is InChI=1S/C27H32N2O6/c1-2-18(14-24(30)31)29-25(32)27(12-7-13-34-17-27)16-28-26(33)35-15-23-21-10-5-3-8-19(21)20-9-4-6-11-22(20)23/h3-6,8-11,18,23H,2,7,12-17H2,1H3,(H,28,33)(H,29,32)(H,30,31). The van der Waals surface area contributed by atoms with E-state index in [4.69, 9.17) is 14.6 Å². The second kappa shape index (κ2) is 10.9. The van der Waals surface area contributed by atoms with Gasteiger partial charge in [0.1, 0.15) is 6.61 Å². The van der Waals surface area contributed by atoms with Crippen LogP contribution in [0.5, 0.6) is 0 Å². The van der Waals surface area contributed by atoms with Crippen molar-refractivity contribution in [3.05, 3.63) is 59.7 Å². The van der Waals surface area contributed by atoms with E-state index in [2.05, 4.69) is 34.9 Å². The number of carboxylic acids is 1. The summed E-state index contributed by atoms with van der Waals surface area (Å²) in [6.07, 6.45) is 0.956. The first-order valence-corrected chi connectivity index (χ1v) is 12.1. The van der Waals surface area contributed by atoms with Crippen LogP contribution < -0.4 is 10.6 Å². The van der Waals surface area contributed by atoms with Gasteiger partial charge in [0.2, 0.25) is 5.91 Å². The highest BCUT2D eigenvalue weighted by atomic mass is 16.5. The number of alkyl carbamates (subject to hydrolysis) is 1. The Morgan fingerprint density at radius 3 is 2.34 bits per heavy atom. The summed E-state index contributed by atoms with van der Waals surface area (Å²) < 4.78 is 11.2. The number of hydrogen-bond acceptors (Lipinski definition) is 5. The zero-order valence-corrected chi connectivity index (χ0v) is 19.9. The van der Waals surface area contributed by atoms with Crippen molar-refractivity contribution in [3.8, 4) is 11.1 Å². The largest absolute Gasteiger partial charge is 0.481 e. The number of carbonyl (C=O) groups is 3. The molecular formula is C27H32N2O6. The first-order valence-electron chi connectivity index (χ1n) is 12.1. The smallest absolute Gasteiger partial charge is 0.407 e. The van der Waals surface area contributed by atoms with E-state index in [1.165, 1.54) is 0 Å². The van der Waals surface area contributed by atoms with Crippen LogP contribution in [-0.2, 0) is 19.1 Å². The molecule has 0 bridgehead atoms. The minimum absolute atomic E-state index is 0.0512. The molecule has 2 atom stereocenters. The predicted octanol–water partition coefficient (Wildman–Crippen LogP) is 3.69. The van der Waals surface area contributed by atoms with Gasteiger partial charge in [0.25, 0.3) is 0 Å². The molecule has 1 aliphatic heterocycles. The van der Waals surface area contributed by atoms with E-state index < -0.39 is 23.5 Å². The molecule has 3 N–H and O–H groups in total. The SMILES string of the molecule is CCC(CC(=O)O)NC(=O)C1(CNC(=O)OCC2c3ccccc3-c3ccccc32)CCCOC1. The van der Waals surface area contributed by atoms with Gasteiger partial charge in [-0.25, -0.2) is 4.79 Å². The Labute approximate surface area is 205 Å². The molecule has 2 aromatic rings. The molecule has 2 aliphatic rings. The van der Waals surface area contributed by atoms with Crippen molar-refractivity contribution >= 4 is 18.0 Å². The van der Waals surface area contributed by atoms with Crippen molar-refractivity contribution < 1.29 is 29.0 Å². The lowest BCUT2D eigenvalue weighted by Crippen LogP contribution is -2.55. The molecule has 1 heterocycles. The molecule has 1 saturated heterocycles. The molecule has 0 saturated carbocycles. The van der Waals surface area contributed by atoms with Crippen LogP contribution in [0, 0.1) is 5.41 Å². The van der Waals surface area contributed by atoms with E-state index in [9.17, 15) is 14.4 Å². The van der Waals surface area contributed by atoms with Crippen molar-refractivity contribution in [2.75, 3.05) is 26.4 Å². The van der Waals surface area contributed by atoms with E-state index in [-0.39, 0.29) is 38.0 Å². The Kier molecular flexibility index (Phi) is 7.70. The van der Waals surface area contributed by atoms with Gasteiger partial charge in [0.05, 0.1) is 18.4 Å². The highest BCUT2D eigenvalue weighted by Gasteiger charge is 2.42. The number of carboxylic acid groups (broad SMARTS) is 1. The number of fused-ring (bicyclic) bond motifs is 3. The third-order valence-corrected chi connectivity index (χ3v) is 6.97. The van der Waals surface area contributed by atoms with Crippen LogP contribution >= 0.6 is 0 Å². The van der Waals surface area contributed by atoms with Gasteiger partial charge in [0.15, 0.2) is 0 Å². The Morgan fingerprint density at radius 2 is 1.77 bits per heavy atom. The van der Waals surface area contributed by atoms with Gasteiger partial charge >= 0.3 is 12.1 Å². The minimum atomic E-state index is -0.970. The number of benzene rings is 2. The molecular weight excluding hydrogens is 448 g/mol. The Balaban J connectivity index is 1.38. The lowest BCUT2D eigenvalue weighted by molar-refractivity contribution is -0.141. The van der Waals surface area contributed by atoms with Crippen LogP contribution in [0.25, 0.3) is 11.1 Å². The molecule has 186 valence electrons. The topological polar surface area (TPSA) is 114 Å². The second-order valence-corrected chi connectivity index (χ2v) is 9.29. The summed E-state index contributed by atoms with van der Waals surface area (Å²) in [5.74, 6) is -1.32. The first-order chi connectivity index (χ1) is 16.9. The van der Waals surface area contributed by atoms with Crippen LogP contribution in [-0.4, -0.2) is 55.5 Å². The second-order valence-electron chi connectivity index (χ2n) is 9.29. The molecule has 8 nitrogen and oxygen atoms in total. The van der Waals surface area contributed by atoms with Crippen molar-refractivity contribution in [1.82, 2.24) is 10.6 Å². The molecule has 35 heavy (non-hydrogen) atoms. The van der Waals surface area contributed by atoms with Gasteiger partial charge in [-0.1, -0.05) is 55.5 Å². The van der Waals surface area contributed by atoms with Crippen LogP contribution in [0.2, 0.25) is 0 Å². The third kappa shape index (κ3) is 5.48. The average Bonchev–Trinajstić information content (AvgIpc) is 3.19. The van der Waals surface area contributed by atoms with Gasteiger partial charge in [-0.05, 0) is 41.5 Å². The summed E-state index contributed by atoms with van der Waals surface area (Å²) in [6, 6.07) is 15.8. The number of rotatable bonds is 9. The van der Waals surface area contributed by atoms with Crippen LogP contribution in [0.1, 0.15) is 49.7 Å². The van der Waals surface area contributed by atoms with Gasteiger partial charge in [-0.15, -0.1) is 0 Å². The number of hydrogen-bond donors (Lipinski definition) is 3. The zero-order valence-electron chi connectivity index (χ0n) is 19.9. The van der Waals surface area contributed by atoms with E-state index in [0.29, 0.717) is 25.9 Å². The van der Waals surface area contributed by atoms with Crippen molar-refractivity contribution in [2.24, 2.45) is 5.41 Å². The summed E-state index contributed by atoms with van der Waals surface area (Å²) in [5, 5.41) is 14.7. The molecule has 2 unspecified atom stereocenters. The maximum atomic E-state index is 13.1. The average molecular weight is 481 g/mol. The maximum absolute atomic E-state index is 13.1. The van der Waals surface area contributed by atoms with Crippen molar-refractivity contribution in [2.45, 2.75) is 44.6 Å². The highest BCUT2D eigenvalue weighted by molar-refractivity contribution is 5.85. The van der Waals surface area contributed by atoms with Crippen LogP contribution in [0.15, 0.2) is 48.5 Å². The number of amides is 2. The fourth-order valence-corrected chi connectivity index (χ4v) is 4.99. The number of nitrogens with one attached hydrogen (secondary N) is 2. The lowest BCUT2D eigenvalue weighted by atomic mass is 9.81. The Morgan fingerprint density at radius 1 is 1.11 bits per heavy atom. The Hall–Kier alpha value is -3.39. The molecule has 4 rings (SSSR count). The lowest BCUT2D eigenvalue weighted by Gasteiger charge is -2.36. The molecule has 2 amide bonds. The maximum Gasteiger partial charge on any atom is 0.407 e. The van der Waals surface area contributed by atoms with Crippen molar-refractivity contribution in [1.29, 1.82) is 0 Å². The third-order valence-electron chi connectivity index (χ3n) is 6.97. The number of carbonyl (C=O) groups excluding carboxylic acids is 2. The molecule has 1 fully saturated rings. The fraction of sp³-hybridized carbons (Fsp3) is 0.444. The van der Waals surface area contributed by atoms with Gasteiger partial charge in [-0.2, -0.15) is 0 Å². The summed E-state index contributed by atoms with van der Waals surface area (Å²) in [5.41, 5.74) is 3.59. The monoisotopic (exact) mass is 480 g/mol. The molecule has 8 heteroatoms. The van der Waals surface area contributed by atoms with E-state index in [1.807, 2.05) is 31.2 Å². The molecule has 0 radical (unpaired) electrons. The first kappa shape index (κ1) is 24.7. The quantitative estimate of drug-likeness (QED) is 0.504. The number of aliphatic carboxylic acids is 1. The molecule has 0 aromatic heterocycles. The normalized spacial score (nSPS) is 19.8. The van der Waals surface area contributed by atoms with Crippen LogP contribution in [0.4, 0.5) is 4.79 Å². The summed E-state index contributed by atoms with van der Waals surface area (Å²) >= 11 is 0. The van der Waals surface area contributed by atoms with E-state index in [1.54, 1.807) is 0 Å². The molecule has 0 spiro atoms. The summed E-state index contributed by atoms with van der Waals surface area (Å²) in [6.45, 7) is 2.77. The minimum Gasteiger partial charge on any atom is -0.481 e. The van der Waals surface area contributed by atoms with E-state index in [0.717, 1.165) is 22.3 Å². The molecule has 2 aromatic carbocycles. The highest BCUT2D eigenvalue weighted by Crippen LogP contribution is 2.44. The summed E-state index contributed by atoms with van der Waals surface area (Å²) in [4.78, 5) is 36.9. The number of ether oxygens (including phenoxy) is 2. The fourth-order valence-electron chi connectivity index (χ4n) is 4.99. The Bertz CT molecular complexity index is 1030. The van der Waals surface area contributed by atoms with Gasteiger partial charge < -0.3 is 25.2 Å².